The minimum atomic E-state index is -3.74. The fourth-order valence-electron chi connectivity index (χ4n) is 1.22. The zero-order valence-corrected chi connectivity index (χ0v) is 11.6. The Morgan fingerprint density at radius 3 is 2.47 bits per heavy atom. The van der Waals surface area contributed by atoms with Crippen molar-refractivity contribution in [3.8, 4) is 0 Å². The van der Waals surface area contributed by atoms with Gasteiger partial charge in [0.25, 0.3) is 0 Å². The lowest BCUT2D eigenvalue weighted by atomic mass is 10.3. The van der Waals surface area contributed by atoms with Crippen LogP contribution < -0.4 is 0 Å². The van der Waals surface area contributed by atoms with E-state index in [-0.39, 0.29) is 4.90 Å². The summed E-state index contributed by atoms with van der Waals surface area (Å²) in [6.07, 6.45) is 0.638. The van der Waals surface area contributed by atoms with Gasteiger partial charge in [0, 0.05) is 18.9 Å². The highest BCUT2D eigenvalue weighted by molar-refractivity contribution is 9.09. The predicted octanol–water partition coefficient (Wildman–Crippen LogP) is 2.37. The average Bonchev–Trinajstić information content (AvgIpc) is 2.29. The summed E-state index contributed by atoms with van der Waals surface area (Å²) in [5, 5.41) is 0.671. The van der Waals surface area contributed by atoms with Gasteiger partial charge in [-0.25, -0.2) is 21.5 Å². The van der Waals surface area contributed by atoms with Crippen molar-refractivity contribution >= 4 is 26.0 Å². The number of alkyl halides is 1. The van der Waals surface area contributed by atoms with Gasteiger partial charge < -0.3 is 0 Å². The number of hydrogen-bond donors (Lipinski definition) is 0. The van der Waals surface area contributed by atoms with Crippen LogP contribution in [0.5, 0.6) is 0 Å². The first-order chi connectivity index (χ1) is 7.89. The molecule has 0 atom stereocenters. The first-order valence-electron chi connectivity index (χ1n) is 4.87. The molecule has 0 aromatic heterocycles. The van der Waals surface area contributed by atoms with Crippen LogP contribution in [-0.4, -0.2) is 31.6 Å². The molecule has 0 bridgehead atoms. The van der Waals surface area contributed by atoms with E-state index in [9.17, 15) is 17.2 Å². The third-order valence-electron chi connectivity index (χ3n) is 2.21. The van der Waals surface area contributed by atoms with Crippen molar-refractivity contribution in [2.24, 2.45) is 0 Å². The molecule has 0 saturated heterocycles. The Hall–Kier alpha value is -0.530. The number of nitrogens with zero attached hydrogens (tertiary/aromatic N) is 1. The van der Waals surface area contributed by atoms with E-state index < -0.39 is 21.7 Å². The molecule has 0 amide bonds. The van der Waals surface area contributed by atoms with Crippen LogP contribution in [-0.2, 0) is 10.0 Å². The van der Waals surface area contributed by atoms with E-state index in [4.69, 9.17) is 0 Å². The lowest BCUT2D eigenvalue weighted by Crippen LogP contribution is -2.28. The number of halogens is 3. The molecule has 7 heteroatoms. The quantitative estimate of drug-likeness (QED) is 0.778. The zero-order valence-electron chi connectivity index (χ0n) is 9.16. The van der Waals surface area contributed by atoms with Crippen molar-refractivity contribution in [3.05, 3.63) is 29.8 Å². The smallest absolute Gasteiger partial charge is 0.207 e. The Morgan fingerprint density at radius 1 is 1.29 bits per heavy atom. The van der Waals surface area contributed by atoms with Crippen molar-refractivity contribution in [2.45, 2.75) is 11.3 Å². The molecular weight excluding hydrogens is 316 g/mol. The fraction of sp³-hybridized carbons (Fsp3) is 0.400. The Morgan fingerprint density at radius 2 is 1.94 bits per heavy atom. The first kappa shape index (κ1) is 14.5. The van der Waals surface area contributed by atoms with Crippen LogP contribution in [0.15, 0.2) is 23.1 Å². The van der Waals surface area contributed by atoms with E-state index in [0.29, 0.717) is 24.4 Å². The summed E-state index contributed by atoms with van der Waals surface area (Å²) in [6, 6.07) is 2.55. The van der Waals surface area contributed by atoms with Crippen LogP contribution in [0, 0.1) is 11.6 Å². The maximum Gasteiger partial charge on any atom is 0.242 e. The molecule has 17 heavy (non-hydrogen) atoms. The van der Waals surface area contributed by atoms with Gasteiger partial charge in [0.15, 0.2) is 11.6 Å². The molecule has 0 saturated carbocycles. The Kier molecular flexibility index (Phi) is 5.03. The van der Waals surface area contributed by atoms with Crippen molar-refractivity contribution in [1.29, 1.82) is 0 Å². The largest absolute Gasteiger partial charge is 0.242 e. The molecule has 0 aliphatic rings. The van der Waals surface area contributed by atoms with E-state index in [2.05, 4.69) is 15.9 Å². The topological polar surface area (TPSA) is 37.4 Å². The van der Waals surface area contributed by atoms with Gasteiger partial charge in [-0.05, 0) is 24.6 Å². The number of benzene rings is 1. The summed E-state index contributed by atoms with van der Waals surface area (Å²) < 4.78 is 50.6. The van der Waals surface area contributed by atoms with E-state index in [1.54, 1.807) is 0 Å². The Balaban J connectivity index is 3.00. The highest BCUT2D eigenvalue weighted by Crippen LogP contribution is 2.17. The van der Waals surface area contributed by atoms with Gasteiger partial charge in [0.05, 0.1) is 4.90 Å². The lowest BCUT2D eigenvalue weighted by Gasteiger charge is -2.16. The minimum Gasteiger partial charge on any atom is -0.207 e. The van der Waals surface area contributed by atoms with E-state index in [1.807, 2.05) is 0 Å². The monoisotopic (exact) mass is 327 g/mol. The summed E-state index contributed by atoms with van der Waals surface area (Å²) in [5.74, 6) is -2.23. The van der Waals surface area contributed by atoms with Gasteiger partial charge >= 0.3 is 0 Å². The van der Waals surface area contributed by atoms with Crippen molar-refractivity contribution in [1.82, 2.24) is 4.31 Å². The van der Waals surface area contributed by atoms with Crippen LogP contribution in [0.1, 0.15) is 6.42 Å². The summed E-state index contributed by atoms with van der Waals surface area (Å²) in [4.78, 5) is -0.242. The van der Waals surface area contributed by atoms with Crippen LogP contribution >= 0.6 is 15.9 Å². The number of hydrogen-bond acceptors (Lipinski definition) is 2. The minimum absolute atomic E-state index is 0.242. The molecular formula is C10H12BrF2NO2S. The Bertz CT molecular complexity index is 493. The molecule has 1 aromatic rings. The molecule has 3 nitrogen and oxygen atoms in total. The molecule has 0 heterocycles. The Labute approximate surface area is 108 Å². The van der Waals surface area contributed by atoms with Gasteiger partial charge in [-0.15, -0.1) is 0 Å². The third-order valence-corrected chi connectivity index (χ3v) is 4.62. The lowest BCUT2D eigenvalue weighted by molar-refractivity contribution is 0.466. The standard InChI is InChI=1S/C10H12BrF2NO2S/c1-14(6-2-5-11)17(15,16)8-3-4-9(12)10(13)7-8/h3-4,7H,2,5-6H2,1H3. The molecule has 1 rings (SSSR count). The molecule has 0 spiro atoms. The van der Waals surface area contributed by atoms with Crippen LogP contribution in [0.4, 0.5) is 8.78 Å². The summed E-state index contributed by atoms with van der Waals surface area (Å²) >= 11 is 3.19. The number of rotatable bonds is 5. The summed E-state index contributed by atoms with van der Waals surface area (Å²) in [7, 11) is -2.34. The highest BCUT2D eigenvalue weighted by atomic mass is 79.9. The molecule has 1 aromatic carbocycles. The second kappa shape index (κ2) is 5.88. The maximum absolute atomic E-state index is 13.0. The van der Waals surface area contributed by atoms with Crippen LogP contribution in [0.3, 0.4) is 0 Å². The van der Waals surface area contributed by atoms with Gasteiger partial charge in [0.1, 0.15) is 0 Å². The van der Waals surface area contributed by atoms with Crippen LogP contribution in [0.2, 0.25) is 0 Å². The van der Waals surface area contributed by atoms with E-state index in [0.717, 1.165) is 16.4 Å². The van der Waals surface area contributed by atoms with Gasteiger partial charge in [-0.3, -0.25) is 0 Å². The van der Waals surface area contributed by atoms with Crippen molar-refractivity contribution in [2.75, 3.05) is 18.9 Å². The zero-order chi connectivity index (χ0) is 13.1. The van der Waals surface area contributed by atoms with E-state index in [1.165, 1.54) is 7.05 Å². The van der Waals surface area contributed by atoms with E-state index >= 15 is 0 Å². The molecule has 0 unspecified atom stereocenters. The second-order valence-corrected chi connectivity index (χ2v) is 6.28. The molecule has 0 fully saturated rings. The molecule has 0 aliphatic heterocycles. The highest BCUT2D eigenvalue weighted by Gasteiger charge is 2.21. The molecule has 0 N–H and O–H groups in total. The molecule has 0 radical (unpaired) electrons. The average molecular weight is 328 g/mol. The number of sulfonamides is 1. The summed E-state index contributed by atoms with van der Waals surface area (Å²) in [5.41, 5.74) is 0. The second-order valence-electron chi connectivity index (χ2n) is 3.45. The van der Waals surface area contributed by atoms with Gasteiger partial charge in [-0.1, -0.05) is 15.9 Å². The predicted molar refractivity (Wildman–Crippen MR) is 64.6 cm³/mol. The normalized spacial score (nSPS) is 12.1. The van der Waals surface area contributed by atoms with Crippen molar-refractivity contribution in [3.63, 3.8) is 0 Å². The van der Waals surface area contributed by atoms with Gasteiger partial charge in [-0.2, -0.15) is 0 Å². The van der Waals surface area contributed by atoms with Crippen LogP contribution in [0.25, 0.3) is 0 Å². The summed E-state index contributed by atoms with van der Waals surface area (Å²) in [6.45, 7) is 0.312. The fourth-order valence-corrected chi connectivity index (χ4v) is 2.69. The SMILES string of the molecule is CN(CCCBr)S(=O)(=O)c1ccc(F)c(F)c1. The molecule has 0 aliphatic carbocycles. The maximum atomic E-state index is 13.0. The first-order valence-corrected chi connectivity index (χ1v) is 7.43. The van der Waals surface area contributed by atoms with Gasteiger partial charge in [0.2, 0.25) is 10.0 Å². The third kappa shape index (κ3) is 3.46. The van der Waals surface area contributed by atoms with Crippen molar-refractivity contribution < 1.29 is 17.2 Å². The molecule has 96 valence electrons.